The molecule has 1 amide bonds. The van der Waals surface area contributed by atoms with Crippen LogP contribution in [0.4, 0.5) is 11.4 Å². The predicted molar refractivity (Wildman–Crippen MR) is 62.9 cm³/mol. The zero-order valence-corrected chi connectivity index (χ0v) is 9.94. The fourth-order valence-corrected chi connectivity index (χ4v) is 2.17. The molecule has 5 nitrogen and oxygen atoms in total. The molecule has 16 heavy (non-hydrogen) atoms. The summed E-state index contributed by atoms with van der Waals surface area (Å²) in [5.74, 6) is -0.00468. The van der Waals surface area contributed by atoms with E-state index in [-0.39, 0.29) is 18.0 Å². The molecule has 2 rings (SSSR count). The van der Waals surface area contributed by atoms with Crippen LogP contribution in [0.1, 0.15) is 5.56 Å². The summed E-state index contributed by atoms with van der Waals surface area (Å²) in [6.07, 6.45) is 0.254. The molecule has 0 aromatic heterocycles. The van der Waals surface area contributed by atoms with Crippen LogP contribution >= 0.6 is 15.9 Å². The Kier molecular flexibility index (Phi) is 2.91. The van der Waals surface area contributed by atoms with Crippen LogP contribution in [0.3, 0.4) is 0 Å². The van der Waals surface area contributed by atoms with Crippen molar-refractivity contribution in [2.24, 2.45) is 0 Å². The van der Waals surface area contributed by atoms with E-state index in [0.29, 0.717) is 11.9 Å². The molecule has 84 valence electrons. The van der Waals surface area contributed by atoms with Gasteiger partial charge in [0.05, 0.1) is 11.3 Å². The third kappa shape index (κ3) is 1.80. The number of carbonyl (C=O) groups is 1. The molecule has 1 heterocycles. The second-order valence-corrected chi connectivity index (χ2v) is 4.27. The highest BCUT2D eigenvalue weighted by Crippen LogP contribution is 2.31. The highest BCUT2D eigenvalue weighted by atomic mass is 79.9. The van der Waals surface area contributed by atoms with Crippen LogP contribution in [-0.2, 0) is 11.2 Å². The molecule has 0 spiro atoms. The van der Waals surface area contributed by atoms with Crippen molar-refractivity contribution in [1.29, 1.82) is 0 Å². The molecular formula is C10H9BrN2O3. The number of halogens is 1. The average molecular weight is 285 g/mol. The summed E-state index contributed by atoms with van der Waals surface area (Å²) in [6.45, 7) is 0.587. The van der Waals surface area contributed by atoms with Crippen LogP contribution in [0.2, 0.25) is 0 Å². The fraction of sp³-hybridized carbons (Fsp3) is 0.300. The third-order valence-corrected chi connectivity index (χ3v) is 2.87. The fourth-order valence-electron chi connectivity index (χ4n) is 1.81. The minimum atomic E-state index is -0.447. The summed E-state index contributed by atoms with van der Waals surface area (Å²) in [4.78, 5) is 23.4. The Hall–Kier alpha value is -1.43. The Morgan fingerprint density at radius 2 is 2.25 bits per heavy atom. The van der Waals surface area contributed by atoms with Crippen LogP contribution < -0.4 is 4.90 Å². The van der Waals surface area contributed by atoms with Crippen molar-refractivity contribution in [2.45, 2.75) is 6.42 Å². The van der Waals surface area contributed by atoms with Gasteiger partial charge in [0.1, 0.15) is 0 Å². The number of alkyl halides is 1. The zero-order valence-electron chi connectivity index (χ0n) is 8.35. The lowest BCUT2D eigenvalue weighted by Crippen LogP contribution is -2.28. The second-order valence-electron chi connectivity index (χ2n) is 3.48. The van der Waals surface area contributed by atoms with Gasteiger partial charge in [0.25, 0.3) is 5.69 Å². The SMILES string of the molecule is O=C1Cc2cc([N+](=O)[O-])ccc2N1CCBr. The van der Waals surface area contributed by atoms with Gasteiger partial charge in [0, 0.05) is 29.7 Å². The lowest BCUT2D eigenvalue weighted by molar-refractivity contribution is -0.384. The monoisotopic (exact) mass is 284 g/mol. The second kappa shape index (κ2) is 4.21. The van der Waals surface area contributed by atoms with Crippen LogP contribution in [0.5, 0.6) is 0 Å². The molecule has 6 heteroatoms. The number of nitro groups is 1. The van der Waals surface area contributed by atoms with Gasteiger partial charge < -0.3 is 4.90 Å². The number of nitrogens with zero attached hydrogens (tertiary/aromatic N) is 2. The normalized spacial score (nSPS) is 14.1. The molecule has 0 saturated carbocycles. The van der Waals surface area contributed by atoms with Gasteiger partial charge in [0.2, 0.25) is 5.91 Å². The van der Waals surface area contributed by atoms with Gasteiger partial charge in [-0.15, -0.1) is 0 Å². The highest BCUT2D eigenvalue weighted by Gasteiger charge is 2.28. The molecule has 0 radical (unpaired) electrons. The van der Waals surface area contributed by atoms with E-state index in [9.17, 15) is 14.9 Å². The minimum absolute atomic E-state index is 0.00468. The van der Waals surface area contributed by atoms with Crippen LogP contribution in [0.25, 0.3) is 0 Å². The number of hydrogen-bond acceptors (Lipinski definition) is 3. The van der Waals surface area contributed by atoms with Crippen molar-refractivity contribution in [3.63, 3.8) is 0 Å². The molecule has 0 bridgehead atoms. The summed E-state index contributed by atoms with van der Waals surface area (Å²) in [7, 11) is 0. The van der Waals surface area contributed by atoms with Gasteiger partial charge in [-0.05, 0) is 11.6 Å². The van der Waals surface area contributed by atoms with Gasteiger partial charge in [-0.1, -0.05) is 15.9 Å². The maximum atomic E-state index is 11.6. The van der Waals surface area contributed by atoms with E-state index in [4.69, 9.17) is 0 Å². The molecule has 0 saturated heterocycles. The molecule has 1 aliphatic rings. The summed E-state index contributed by atoms with van der Waals surface area (Å²) in [6, 6.07) is 4.54. The number of benzene rings is 1. The number of carbonyl (C=O) groups excluding carboxylic acids is 1. The van der Waals surface area contributed by atoms with E-state index in [1.165, 1.54) is 12.1 Å². The number of fused-ring (bicyclic) bond motifs is 1. The summed E-state index contributed by atoms with van der Waals surface area (Å²) < 4.78 is 0. The molecule has 0 atom stereocenters. The number of nitro benzene ring substituents is 1. The first kappa shape index (κ1) is 11.1. The largest absolute Gasteiger partial charge is 0.311 e. The van der Waals surface area contributed by atoms with Gasteiger partial charge in [0.15, 0.2) is 0 Å². The molecule has 1 aliphatic heterocycles. The maximum absolute atomic E-state index is 11.6. The van der Waals surface area contributed by atoms with Crippen molar-refractivity contribution in [2.75, 3.05) is 16.8 Å². The molecule has 0 N–H and O–H groups in total. The quantitative estimate of drug-likeness (QED) is 0.484. The highest BCUT2D eigenvalue weighted by molar-refractivity contribution is 9.09. The molecule has 0 fully saturated rings. The van der Waals surface area contributed by atoms with E-state index in [0.717, 1.165) is 11.3 Å². The van der Waals surface area contributed by atoms with Gasteiger partial charge >= 0.3 is 0 Å². The predicted octanol–water partition coefficient (Wildman–Crippen LogP) is 1.88. The number of anilines is 1. The molecular weight excluding hydrogens is 276 g/mol. The van der Waals surface area contributed by atoms with E-state index in [1.54, 1.807) is 11.0 Å². The molecule has 0 aliphatic carbocycles. The number of non-ortho nitro benzene ring substituents is 1. The Morgan fingerprint density at radius 1 is 1.50 bits per heavy atom. The first-order valence-electron chi connectivity index (χ1n) is 4.77. The smallest absolute Gasteiger partial charge is 0.269 e. The minimum Gasteiger partial charge on any atom is -0.311 e. The lowest BCUT2D eigenvalue weighted by atomic mass is 10.1. The van der Waals surface area contributed by atoms with E-state index >= 15 is 0 Å². The average Bonchev–Trinajstić information content (AvgIpc) is 2.55. The van der Waals surface area contributed by atoms with E-state index < -0.39 is 4.92 Å². The topological polar surface area (TPSA) is 63.4 Å². The van der Waals surface area contributed by atoms with E-state index in [2.05, 4.69) is 15.9 Å². The standard InChI is InChI=1S/C10H9BrN2O3/c11-3-4-12-9-2-1-8(13(15)16)5-7(9)6-10(12)14/h1-2,5H,3-4,6H2. The first-order chi connectivity index (χ1) is 7.63. The Labute approximate surface area is 100 Å². The van der Waals surface area contributed by atoms with Gasteiger partial charge in [-0.3, -0.25) is 14.9 Å². The number of amides is 1. The Bertz CT molecular complexity index is 461. The lowest BCUT2D eigenvalue weighted by Gasteiger charge is -2.15. The maximum Gasteiger partial charge on any atom is 0.269 e. The van der Waals surface area contributed by atoms with Gasteiger partial charge in [-0.2, -0.15) is 0 Å². The number of rotatable bonds is 3. The van der Waals surface area contributed by atoms with Crippen molar-refractivity contribution in [1.82, 2.24) is 0 Å². The van der Waals surface area contributed by atoms with Crippen LogP contribution in [0.15, 0.2) is 18.2 Å². The molecule has 1 aromatic carbocycles. The summed E-state index contributed by atoms with van der Waals surface area (Å²) in [5.41, 5.74) is 1.56. The Morgan fingerprint density at radius 3 is 2.88 bits per heavy atom. The summed E-state index contributed by atoms with van der Waals surface area (Å²) in [5, 5.41) is 11.3. The van der Waals surface area contributed by atoms with Gasteiger partial charge in [-0.25, -0.2) is 0 Å². The van der Waals surface area contributed by atoms with Crippen molar-refractivity contribution in [3.8, 4) is 0 Å². The van der Waals surface area contributed by atoms with E-state index in [1.807, 2.05) is 0 Å². The summed E-state index contributed by atoms with van der Waals surface area (Å²) >= 11 is 3.27. The zero-order chi connectivity index (χ0) is 11.7. The Balaban J connectivity index is 2.38. The van der Waals surface area contributed by atoms with Crippen molar-refractivity contribution >= 4 is 33.2 Å². The first-order valence-corrected chi connectivity index (χ1v) is 5.89. The van der Waals surface area contributed by atoms with Crippen LogP contribution in [0, 0.1) is 10.1 Å². The number of hydrogen-bond donors (Lipinski definition) is 0. The molecule has 0 unspecified atom stereocenters. The van der Waals surface area contributed by atoms with Crippen molar-refractivity contribution < 1.29 is 9.72 Å². The van der Waals surface area contributed by atoms with Crippen molar-refractivity contribution in [3.05, 3.63) is 33.9 Å². The van der Waals surface area contributed by atoms with Crippen LogP contribution in [-0.4, -0.2) is 22.7 Å². The third-order valence-electron chi connectivity index (χ3n) is 2.52. The molecule has 1 aromatic rings.